The first kappa shape index (κ1) is 16.7. The van der Waals surface area contributed by atoms with Crippen LogP contribution in [0.25, 0.3) is 0 Å². The molecule has 112 valence electrons. The van der Waals surface area contributed by atoms with Crippen LogP contribution in [-0.4, -0.2) is 35.6 Å². The molecule has 4 heteroatoms. The molecule has 0 unspecified atom stereocenters. The number of aliphatic hydroxyl groups is 1. The van der Waals surface area contributed by atoms with Crippen molar-refractivity contribution < 1.29 is 9.90 Å². The quantitative estimate of drug-likeness (QED) is 0.725. The zero-order chi connectivity index (χ0) is 14.8. The van der Waals surface area contributed by atoms with Crippen molar-refractivity contribution in [3.05, 3.63) is 35.4 Å². The molecule has 2 N–H and O–H groups in total. The van der Waals surface area contributed by atoms with Crippen molar-refractivity contribution in [3.8, 4) is 0 Å². The van der Waals surface area contributed by atoms with E-state index < -0.39 is 0 Å². The summed E-state index contributed by atoms with van der Waals surface area (Å²) in [5, 5.41) is 11.5. The molecular formula is C16H26N2O2. The molecular weight excluding hydrogens is 252 g/mol. The molecule has 0 atom stereocenters. The standard InChI is InChI=1S/C16H26N2O2/c1-3-18(4-2)13-15-9-7-14(8-10-15)12-17-16(20)6-5-11-19/h7-10,19H,3-6,11-13H2,1-2H3,(H,17,20). The van der Waals surface area contributed by atoms with E-state index in [4.69, 9.17) is 5.11 Å². The van der Waals surface area contributed by atoms with Gasteiger partial charge >= 0.3 is 0 Å². The average Bonchev–Trinajstić information content (AvgIpc) is 2.49. The molecule has 0 saturated heterocycles. The molecule has 1 aromatic rings. The van der Waals surface area contributed by atoms with Crippen molar-refractivity contribution in [2.75, 3.05) is 19.7 Å². The summed E-state index contributed by atoms with van der Waals surface area (Å²) in [6.45, 7) is 8.03. The maximum absolute atomic E-state index is 11.4. The monoisotopic (exact) mass is 278 g/mol. The highest BCUT2D eigenvalue weighted by Crippen LogP contribution is 2.07. The summed E-state index contributed by atoms with van der Waals surface area (Å²) in [6, 6.07) is 8.36. The highest BCUT2D eigenvalue weighted by Gasteiger charge is 2.03. The number of hydrogen-bond acceptors (Lipinski definition) is 3. The topological polar surface area (TPSA) is 52.6 Å². The Kier molecular flexibility index (Phi) is 7.92. The van der Waals surface area contributed by atoms with Gasteiger partial charge in [0.25, 0.3) is 0 Å². The fourth-order valence-electron chi connectivity index (χ4n) is 2.00. The van der Waals surface area contributed by atoms with E-state index in [2.05, 4.69) is 48.3 Å². The molecule has 0 aliphatic heterocycles. The minimum absolute atomic E-state index is 0.00809. The van der Waals surface area contributed by atoms with Crippen LogP contribution in [0.3, 0.4) is 0 Å². The van der Waals surface area contributed by atoms with E-state index in [0.717, 1.165) is 25.2 Å². The van der Waals surface area contributed by atoms with Crippen molar-refractivity contribution in [1.29, 1.82) is 0 Å². The average molecular weight is 278 g/mol. The second-order valence-corrected chi connectivity index (χ2v) is 4.88. The number of benzene rings is 1. The minimum atomic E-state index is -0.00809. The van der Waals surface area contributed by atoms with Gasteiger partial charge in [0, 0.05) is 26.1 Å². The van der Waals surface area contributed by atoms with Gasteiger partial charge in [0.05, 0.1) is 0 Å². The third-order valence-corrected chi connectivity index (χ3v) is 3.38. The third-order valence-electron chi connectivity index (χ3n) is 3.38. The lowest BCUT2D eigenvalue weighted by molar-refractivity contribution is -0.121. The van der Waals surface area contributed by atoms with Crippen molar-refractivity contribution in [2.24, 2.45) is 0 Å². The minimum Gasteiger partial charge on any atom is -0.396 e. The summed E-state index contributed by atoms with van der Waals surface area (Å²) in [4.78, 5) is 13.8. The van der Waals surface area contributed by atoms with Gasteiger partial charge in [0.15, 0.2) is 0 Å². The van der Waals surface area contributed by atoms with E-state index >= 15 is 0 Å². The summed E-state index contributed by atoms with van der Waals surface area (Å²) in [7, 11) is 0. The Morgan fingerprint density at radius 3 is 2.30 bits per heavy atom. The number of nitrogens with one attached hydrogen (secondary N) is 1. The second kappa shape index (κ2) is 9.50. The molecule has 0 aliphatic carbocycles. The van der Waals surface area contributed by atoms with Gasteiger partial charge < -0.3 is 10.4 Å². The molecule has 1 amide bonds. The predicted octanol–water partition coefficient (Wildman–Crippen LogP) is 1.92. The number of aliphatic hydroxyl groups excluding tert-OH is 1. The summed E-state index contributed by atoms with van der Waals surface area (Å²) in [6.07, 6.45) is 0.908. The van der Waals surface area contributed by atoms with Crippen LogP contribution in [0.2, 0.25) is 0 Å². The molecule has 0 spiro atoms. The number of hydrogen-bond donors (Lipinski definition) is 2. The fourth-order valence-corrected chi connectivity index (χ4v) is 2.00. The summed E-state index contributed by atoms with van der Waals surface area (Å²) >= 11 is 0. The summed E-state index contributed by atoms with van der Waals surface area (Å²) < 4.78 is 0. The van der Waals surface area contributed by atoms with Crippen molar-refractivity contribution in [1.82, 2.24) is 10.2 Å². The Hall–Kier alpha value is -1.39. The number of carbonyl (C=O) groups excluding carboxylic acids is 1. The van der Waals surface area contributed by atoms with Gasteiger partial charge in [0.2, 0.25) is 5.91 Å². The number of carbonyl (C=O) groups is 1. The number of amides is 1. The first-order valence-electron chi connectivity index (χ1n) is 7.37. The third kappa shape index (κ3) is 6.17. The molecule has 0 saturated carbocycles. The zero-order valence-corrected chi connectivity index (χ0v) is 12.6. The Labute approximate surface area is 121 Å². The van der Waals surface area contributed by atoms with Gasteiger partial charge in [-0.2, -0.15) is 0 Å². The van der Waals surface area contributed by atoms with E-state index in [0.29, 0.717) is 19.4 Å². The molecule has 0 radical (unpaired) electrons. The van der Waals surface area contributed by atoms with E-state index in [1.807, 2.05) is 0 Å². The van der Waals surface area contributed by atoms with Crippen molar-refractivity contribution in [3.63, 3.8) is 0 Å². The number of rotatable bonds is 9. The Balaban J connectivity index is 2.40. The molecule has 0 fully saturated rings. The predicted molar refractivity (Wildman–Crippen MR) is 81.2 cm³/mol. The summed E-state index contributed by atoms with van der Waals surface area (Å²) in [5.41, 5.74) is 2.40. The lowest BCUT2D eigenvalue weighted by Gasteiger charge is -2.18. The zero-order valence-electron chi connectivity index (χ0n) is 12.6. The smallest absolute Gasteiger partial charge is 0.220 e. The Morgan fingerprint density at radius 2 is 1.75 bits per heavy atom. The Morgan fingerprint density at radius 1 is 1.15 bits per heavy atom. The van der Waals surface area contributed by atoms with E-state index in [1.54, 1.807) is 0 Å². The van der Waals surface area contributed by atoms with Crippen molar-refractivity contribution in [2.45, 2.75) is 39.8 Å². The molecule has 0 aromatic heterocycles. The van der Waals surface area contributed by atoms with E-state index in [-0.39, 0.29) is 12.5 Å². The molecule has 4 nitrogen and oxygen atoms in total. The molecule has 0 bridgehead atoms. The van der Waals surface area contributed by atoms with Crippen LogP contribution in [-0.2, 0) is 17.9 Å². The van der Waals surface area contributed by atoms with Crippen LogP contribution >= 0.6 is 0 Å². The normalized spacial score (nSPS) is 10.8. The number of nitrogens with zero attached hydrogens (tertiary/aromatic N) is 1. The maximum atomic E-state index is 11.4. The van der Waals surface area contributed by atoms with Gasteiger partial charge in [-0.1, -0.05) is 38.1 Å². The van der Waals surface area contributed by atoms with Gasteiger partial charge in [-0.15, -0.1) is 0 Å². The van der Waals surface area contributed by atoms with E-state index in [9.17, 15) is 4.79 Å². The molecule has 0 aliphatic rings. The van der Waals surface area contributed by atoms with Crippen LogP contribution in [0.15, 0.2) is 24.3 Å². The largest absolute Gasteiger partial charge is 0.396 e. The maximum Gasteiger partial charge on any atom is 0.220 e. The molecule has 1 rings (SSSR count). The van der Waals surface area contributed by atoms with Crippen LogP contribution in [0.5, 0.6) is 0 Å². The Bertz CT molecular complexity index is 386. The first-order chi connectivity index (χ1) is 9.69. The van der Waals surface area contributed by atoms with Crippen LogP contribution in [0.1, 0.15) is 37.8 Å². The van der Waals surface area contributed by atoms with Crippen LogP contribution < -0.4 is 5.32 Å². The molecule has 0 heterocycles. The SMILES string of the molecule is CCN(CC)Cc1ccc(CNC(=O)CCCO)cc1. The van der Waals surface area contributed by atoms with E-state index in [1.165, 1.54) is 5.56 Å². The summed E-state index contributed by atoms with van der Waals surface area (Å²) in [5.74, 6) is -0.00809. The second-order valence-electron chi connectivity index (χ2n) is 4.88. The molecule has 20 heavy (non-hydrogen) atoms. The van der Waals surface area contributed by atoms with Crippen molar-refractivity contribution >= 4 is 5.91 Å². The lowest BCUT2D eigenvalue weighted by Crippen LogP contribution is -2.23. The first-order valence-corrected chi connectivity index (χ1v) is 7.37. The van der Waals surface area contributed by atoms with Gasteiger partial charge in [0.1, 0.15) is 0 Å². The lowest BCUT2D eigenvalue weighted by atomic mass is 10.1. The van der Waals surface area contributed by atoms with Gasteiger partial charge in [-0.3, -0.25) is 9.69 Å². The van der Waals surface area contributed by atoms with Crippen LogP contribution in [0, 0.1) is 0 Å². The van der Waals surface area contributed by atoms with Gasteiger partial charge in [-0.25, -0.2) is 0 Å². The molecule has 1 aromatic carbocycles. The highest BCUT2D eigenvalue weighted by atomic mass is 16.3. The van der Waals surface area contributed by atoms with Gasteiger partial charge in [-0.05, 0) is 30.6 Å². The highest BCUT2D eigenvalue weighted by molar-refractivity contribution is 5.75. The van der Waals surface area contributed by atoms with Crippen LogP contribution in [0.4, 0.5) is 0 Å². The fraction of sp³-hybridized carbons (Fsp3) is 0.562.